The number of primary amides is 1. The van der Waals surface area contributed by atoms with E-state index in [4.69, 9.17) is 5.73 Å². The van der Waals surface area contributed by atoms with Gasteiger partial charge in [0.2, 0.25) is 11.7 Å². The molecule has 14 heteroatoms. The Morgan fingerprint density at radius 3 is 2.49 bits per heavy atom. The van der Waals surface area contributed by atoms with E-state index >= 15 is 0 Å². The Labute approximate surface area is 232 Å². The molecule has 1 aromatic heterocycles. The number of amides is 2. The summed E-state index contributed by atoms with van der Waals surface area (Å²) < 4.78 is 0. The summed E-state index contributed by atoms with van der Waals surface area (Å²) in [5.41, 5.74) is 2.04. The van der Waals surface area contributed by atoms with E-state index in [-0.39, 0.29) is 36.2 Å². The van der Waals surface area contributed by atoms with Crippen molar-refractivity contribution in [3.8, 4) is 11.6 Å². The number of hydrogen-bond donors (Lipinski definition) is 7. The van der Waals surface area contributed by atoms with Gasteiger partial charge in [0.05, 0.1) is 11.6 Å². The van der Waals surface area contributed by atoms with E-state index in [0.717, 1.165) is 12.4 Å². The van der Waals surface area contributed by atoms with E-state index in [1.165, 1.54) is 17.0 Å². The Hall–Kier alpha value is -4.82. The molecule has 0 bridgehead atoms. The summed E-state index contributed by atoms with van der Waals surface area (Å²) in [7, 11) is 3.09. The van der Waals surface area contributed by atoms with E-state index in [1.54, 1.807) is 14.1 Å². The number of aliphatic hydroxyl groups excluding tert-OH is 2. The second kappa shape index (κ2) is 9.67. The lowest BCUT2D eigenvalue weighted by Gasteiger charge is -2.50. The van der Waals surface area contributed by atoms with E-state index < -0.39 is 75.6 Å². The fourth-order valence-corrected chi connectivity index (χ4v) is 6.22. The molecule has 0 radical (unpaired) electrons. The predicted octanol–water partition coefficient (Wildman–Crippen LogP) is -0.454. The number of phenols is 1. The van der Waals surface area contributed by atoms with Crippen LogP contribution in [0.25, 0.3) is 0 Å². The number of rotatable bonds is 5. The topological polar surface area (TPSA) is 236 Å². The number of aromatic hydroxyl groups is 2. The van der Waals surface area contributed by atoms with Crippen LogP contribution in [0, 0.1) is 11.8 Å². The zero-order chi connectivity index (χ0) is 30.0. The number of allylic oxidation sites excluding steroid dienone is 1. The molecule has 0 aliphatic heterocycles. The molecule has 41 heavy (non-hydrogen) atoms. The zero-order valence-corrected chi connectivity index (χ0v) is 22.0. The number of carbonyl (C=O) groups excluding carboxylic acids is 4. The van der Waals surface area contributed by atoms with Crippen LogP contribution in [0.15, 0.2) is 47.2 Å². The minimum absolute atomic E-state index is 0.0621. The van der Waals surface area contributed by atoms with Gasteiger partial charge in [-0.3, -0.25) is 24.1 Å². The Balaban J connectivity index is 1.57. The van der Waals surface area contributed by atoms with Gasteiger partial charge >= 0.3 is 0 Å². The molecule has 2 amide bonds. The molecule has 5 rings (SSSR count). The van der Waals surface area contributed by atoms with Gasteiger partial charge in [0, 0.05) is 24.1 Å². The lowest BCUT2D eigenvalue weighted by molar-refractivity contribution is -0.148. The number of fused-ring (bicyclic) bond motifs is 3. The molecule has 0 spiro atoms. The van der Waals surface area contributed by atoms with Crippen molar-refractivity contribution in [2.45, 2.75) is 31.0 Å². The first kappa shape index (κ1) is 27.7. The van der Waals surface area contributed by atoms with Crippen molar-refractivity contribution in [2.24, 2.45) is 17.6 Å². The molecule has 0 saturated heterocycles. The molecular formula is C27H27N5O9. The van der Waals surface area contributed by atoms with Gasteiger partial charge in [0.1, 0.15) is 34.9 Å². The van der Waals surface area contributed by atoms with E-state index in [2.05, 4.69) is 15.3 Å². The predicted molar refractivity (Wildman–Crippen MR) is 139 cm³/mol. The van der Waals surface area contributed by atoms with Crippen LogP contribution in [0.2, 0.25) is 0 Å². The molecule has 4 atom stereocenters. The number of hydrogen-bond acceptors (Lipinski definition) is 12. The Kier molecular flexibility index (Phi) is 6.54. The van der Waals surface area contributed by atoms with Gasteiger partial charge < -0.3 is 36.6 Å². The summed E-state index contributed by atoms with van der Waals surface area (Å²) in [5, 5.41) is 56.6. The highest BCUT2D eigenvalue weighted by Crippen LogP contribution is 2.52. The molecule has 1 heterocycles. The number of ketones is 2. The second-order valence-electron chi connectivity index (χ2n) is 10.5. The highest BCUT2D eigenvalue weighted by molar-refractivity contribution is 6.24. The van der Waals surface area contributed by atoms with Gasteiger partial charge in [0.15, 0.2) is 11.4 Å². The van der Waals surface area contributed by atoms with Gasteiger partial charge in [-0.05, 0) is 50.0 Å². The molecular weight excluding hydrogens is 538 g/mol. The molecule has 214 valence electrons. The van der Waals surface area contributed by atoms with Crippen molar-refractivity contribution in [3.05, 3.63) is 69.6 Å². The Morgan fingerprint density at radius 1 is 1.15 bits per heavy atom. The lowest BCUT2D eigenvalue weighted by Crippen LogP contribution is -2.63. The minimum Gasteiger partial charge on any atom is -0.510 e. The summed E-state index contributed by atoms with van der Waals surface area (Å²) in [5.74, 6) is -8.40. The zero-order valence-electron chi connectivity index (χ0n) is 22.0. The highest BCUT2D eigenvalue weighted by atomic mass is 16.3. The average Bonchev–Trinajstić information content (AvgIpc) is 2.89. The molecule has 8 N–H and O–H groups in total. The standard InChI is InChI=1S/C27H27N5O9/c1-32(2)20-13-6-11-5-12-10(8-29-26(40)14-7-16(34)31-9-30-14)3-4-15(33)18(12)21(35)17(11)23(37)27(13,41)24(38)19(22(20)36)25(28)39/h3-4,7,9,11,13,20,33,36-37,41H,5-6,8H2,1-2H3,(H2,28,39)(H,29,40)(H,30,31,34). The third kappa shape index (κ3) is 4.10. The molecule has 3 aliphatic carbocycles. The van der Waals surface area contributed by atoms with Crippen molar-refractivity contribution in [1.82, 2.24) is 20.2 Å². The van der Waals surface area contributed by atoms with Gasteiger partial charge in [0.25, 0.3) is 11.8 Å². The molecule has 0 fully saturated rings. The number of aliphatic hydroxyl groups is 3. The fraction of sp³-hybridized carbons (Fsp3) is 0.333. The molecule has 4 unspecified atom stereocenters. The van der Waals surface area contributed by atoms with Gasteiger partial charge in [-0.15, -0.1) is 0 Å². The number of nitrogens with one attached hydrogen (secondary N) is 1. The second-order valence-corrected chi connectivity index (χ2v) is 10.5. The van der Waals surface area contributed by atoms with Crippen LogP contribution >= 0.6 is 0 Å². The summed E-state index contributed by atoms with van der Waals surface area (Å²) in [6, 6.07) is 2.74. The quantitative estimate of drug-likeness (QED) is 0.228. The maximum absolute atomic E-state index is 13.8. The lowest BCUT2D eigenvalue weighted by atomic mass is 9.58. The number of phenolic OH excluding ortho intramolecular Hbond substituents is 1. The first-order valence-electron chi connectivity index (χ1n) is 12.6. The molecule has 3 aliphatic rings. The van der Waals surface area contributed by atoms with Gasteiger partial charge in [-0.1, -0.05) is 6.07 Å². The fourth-order valence-electron chi connectivity index (χ4n) is 6.22. The number of nitrogens with zero attached hydrogens (tertiary/aromatic N) is 3. The van der Waals surface area contributed by atoms with E-state index in [0.29, 0.717) is 11.1 Å². The smallest absolute Gasteiger partial charge is 0.270 e. The summed E-state index contributed by atoms with van der Waals surface area (Å²) in [4.78, 5) is 60.5. The van der Waals surface area contributed by atoms with Crippen molar-refractivity contribution >= 4 is 23.4 Å². The van der Waals surface area contributed by atoms with Crippen molar-refractivity contribution in [1.29, 1.82) is 0 Å². The number of aromatic nitrogens is 2. The first-order valence-corrected chi connectivity index (χ1v) is 12.6. The first-order chi connectivity index (χ1) is 19.3. The normalized spacial score (nSPS) is 25.5. The number of likely N-dealkylation sites (N-methyl/N-ethyl adjacent to an activating group) is 1. The number of nitrogens with two attached hydrogens (primary N) is 1. The monoisotopic (exact) mass is 565 g/mol. The van der Waals surface area contributed by atoms with Crippen LogP contribution in [0.5, 0.6) is 11.6 Å². The summed E-state index contributed by atoms with van der Waals surface area (Å²) >= 11 is 0. The van der Waals surface area contributed by atoms with Crippen molar-refractivity contribution in [3.63, 3.8) is 0 Å². The third-order valence-electron chi connectivity index (χ3n) is 8.03. The van der Waals surface area contributed by atoms with Crippen LogP contribution < -0.4 is 11.1 Å². The molecule has 14 nitrogen and oxygen atoms in total. The van der Waals surface area contributed by atoms with Crippen LogP contribution in [-0.4, -0.2) is 89.5 Å². The Bertz CT molecular complexity index is 1600. The molecule has 1 aromatic carbocycles. The average molecular weight is 566 g/mol. The van der Waals surface area contributed by atoms with E-state index in [1.807, 2.05) is 0 Å². The highest BCUT2D eigenvalue weighted by Gasteiger charge is 2.63. The maximum atomic E-state index is 13.8. The minimum atomic E-state index is -2.73. The third-order valence-corrected chi connectivity index (χ3v) is 8.03. The van der Waals surface area contributed by atoms with Gasteiger partial charge in [-0.25, -0.2) is 9.97 Å². The number of carbonyl (C=O) groups is 4. The molecule has 0 saturated carbocycles. The van der Waals surface area contributed by atoms with Crippen LogP contribution in [0.3, 0.4) is 0 Å². The van der Waals surface area contributed by atoms with Crippen LogP contribution in [0.4, 0.5) is 0 Å². The van der Waals surface area contributed by atoms with Crippen molar-refractivity contribution < 1.29 is 44.7 Å². The van der Waals surface area contributed by atoms with Crippen LogP contribution in [0.1, 0.15) is 38.4 Å². The summed E-state index contributed by atoms with van der Waals surface area (Å²) in [6.07, 6.45) is 1.03. The molecule has 2 aromatic rings. The van der Waals surface area contributed by atoms with E-state index in [9.17, 15) is 44.7 Å². The SMILES string of the molecule is CN(C)C1C(O)=C(C(N)=O)C(=O)C2(O)C(O)=C3C(=O)c4c(O)ccc(CNC(=O)c5cc(O)ncn5)c4CC3CC12. The largest absolute Gasteiger partial charge is 0.510 e. The maximum Gasteiger partial charge on any atom is 0.270 e. The van der Waals surface area contributed by atoms with Crippen molar-refractivity contribution in [2.75, 3.05) is 14.1 Å². The Morgan fingerprint density at radius 2 is 1.85 bits per heavy atom. The van der Waals surface area contributed by atoms with Crippen LogP contribution in [-0.2, 0) is 22.6 Å². The number of Topliss-reactive ketones (excluding diaryl/α,β-unsaturated/α-hetero) is 2. The van der Waals surface area contributed by atoms with Gasteiger partial charge in [-0.2, -0.15) is 0 Å². The summed E-state index contributed by atoms with van der Waals surface area (Å²) in [6.45, 7) is -0.0884. The number of benzene rings is 1.